The van der Waals surface area contributed by atoms with E-state index in [1.165, 1.54) is 12.1 Å². The maximum Gasteiger partial charge on any atom is 0.129 e. The summed E-state index contributed by atoms with van der Waals surface area (Å²) in [6.45, 7) is 2.44. The Morgan fingerprint density at radius 3 is 2.62 bits per heavy atom. The van der Waals surface area contributed by atoms with Crippen molar-refractivity contribution in [1.82, 2.24) is 0 Å². The molecule has 72 valence electrons. The van der Waals surface area contributed by atoms with Crippen molar-refractivity contribution in [2.45, 2.75) is 13.3 Å². The van der Waals surface area contributed by atoms with Crippen molar-refractivity contribution in [2.24, 2.45) is 11.7 Å². The highest BCUT2D eigenvalue weighted by Crippen LogP contribution is 2.13. The zero-order valence-electron chi connectivity index (χ0n) is 7.56. The van der Waals surface area contributed by atoms with Gasteiger partial charge in [0.05, 0.1) is 0 Å². The fourth-order valence-corrected chi connectivity index (χ4v) is 1.15. The second-order valence-corrected chi connectivity index (χ2v) is 3.28. The largest absolute Gasteiger partial charge is 0.330 e. The predicted molar refractivity (Wildman–Crippen MR) is 48.3 cm³/mol. The van der Waals surface area contributed by atoms with Crippen LogP contribution in [0, 0.1) is 17.6 Å². The Hall–Kier alpha value is -0.960. The zero-order valence-corrected chi connectivity index (χ0v) is 7.56. The number of rotatable bonds is 3. The number of benzene rings is 1. The number of hydrogen-bond donors (Lipinski definition) is 1. The predicted octanol–water partition coefficient (Wildman–Crippen LogP) is 2.10. The lowest BCUT2D eigenvalue weighted by atomic mass is 10.0. The summed E-state index contributed by atoms with van der Waals surface area (Å²) in [5.41, 5.74) is 5.93. The van der Waals surface area contributed by atoms with Gasteiger partial charge in [-0.3, -0.25) is 0 Å². The highest BCUT2D eigenvalue weighted by molar-refractivity contribution is 5.18. The third-order valence-corrected chi connectivity index (χ3v) is 1.99. The van der Waals surface area contributed by atoms with Crippen LogP contribution in [0.5, 0.6) is 0 Å². The molecule has 0 heterocycles. The fourth-order valence-electron chi connectivity index (χ4n) is 1.15. The Morgan fingerprint density at radius 2 is 2.08 bits per heavy atom. The van der Waals surface area contributed by atoms with Gasteiger partial charge in [0.15, 0.2) is 0 Å². The molecule has 13 heavy (non-hydrogen) atoms. The molecule has 0 aliphatic heterocycles. The van der Waals surface area contributed by atoms with Gasteiger partial charge in [0.1, 0.15) is 11.6 Å². The Bertz CT molecular complexity index is 286. The SMILES string of the molecule is CC(CN)Cc1ccc(F)cc1F. The van der Waals surface area contributed by atoms with E-state index in [1.807, 2.05) is 6.92 Å². The summed E-state index contributed by atoms with van der Waals surface area (Å²) in [7, 11) is 0. The van der Waals surface area contributed by atoms with E-state index in [-0.39, 0.29) is 5.92 Å². The van der Waals surface area contributed by atoms with E-state index in [0.717, 1.165) is 6.07 Å². The maximum atomic E-state index is 13.1. The zero-order chi connectivity index (χ0) is 9.84. The van der Waals surface area contributed by atoms with E-state index in [0.29, 0.717) is 18.5 Å². The molecule has 0 aliphatic rings. The van der Waals surface area contributed by atoms with E-state index in [9.17, 15) is 8.78 Å². The summed E-state index contributed by atoms with van der Waals surface area (Å²) in [6, 6.07) is 3.64. The standard InChI is InChI=1S/C10H13F2N/c1-7(6-13)4-8-2-3-9(11)5-10(8)12/h2-3,5,7H,4,6,13H2,1H3. The van der Waals surface area contributed by atoms with Crippen molar-refractivity contribution in [1.29, 1.82) is 0 Å². The molecule has 1 aromatic rings. The average molecular weight is 185 g/mol. The lowest BCUT2D eigenvalue weighted by Gasteiger charge is -2.08. The van der Waals surface area contributed by atoms with E-state index < -0.39 is 11.6 Å². The molecule has 3 heteroatoms. The van der Waals surface area contributed by atoms with E-state index >= 15 is 0 Å². The monoisotopic (exact) mass is 185 g/mol. The molecule has 0 aliphatic carbocycles. The Kier molecular flexibility index (Phi) is 3.37. The van der Waals surface area contributed by atoms with Gasteiger partial charge in [-0.15, -0.1) is 0 Å². The molecule has 0 bridgehead atoms. The average Bonchev–Trinajstić information content (AvgIpc) is 2.09. The maximum absolute atomic E-state index is 13.1. The molecule has 0 radical (unpaired) electrons. The van der Waals surface area contributed by atoms with Gasteiger partial charge in [0, 0.05) is 6.07 Å². The van der Waals surface area contributed by atoms with Gasteiger partial charge in [-0.1, -0.05) is 13.0 Å². The van der Waals surface area contributed by atoms with Crippen molar-refractivity contribution < 1.29 is 8.78 Å². The van der Waals surface area contributed by atoms with Gasteiger partial charge < -0.3 is 5.73 Å². The lowest BCUT2D eigenvalue weighted by Crippen LogP contribution is -2.13. The topological polar surface area (TPSA) is 26.0 Å². The third-order valence-electron chi connectivity index (χ3n) is 1.99. The van der Waals surface area contributed by atoms with Crippen LogP contribution in [0.4, 0.5) is 8.78 Å². The van der Waals surface area contributed by atoms with Crippen LogP contribution in [-0.4, -0.2) is 6.54 Å². The fraction of sp³-hybridized carbons (Fsp3) is 0.400. The summed E-state index contributed by atoms with van der Waals surface area (Å²) >= 11 is 0. The molecule has 1 unspecified atom stereocenters. The highest BCUT2D eigenvalue weighted by Gasteiger charge is 2.07. The van der Waals surface area contributed by atoms with Gasteiger partial charge in [0.25, 0.3) is 0 Å². The van der Waals surface area contributed by atoms with Crippen LogP contribution in [-0.2, 0) is 6.42 Å². The van der Waals surface area contributed by atoms with Crippen molar-refractivity contribution in [3.63, 3.8) is 0 Å². The normalized spacial score (nSPS) is 12.9. The van der Waals surface area contributed by atoms with Crippen LogP contribution in [0.3, 0.4) is 0 Å². The Balaban J connectivity index is 2.77. The van der Waals surface area contributed by atoms with Crippen molar-refractivity contribution in [2.75, 3.05) is 6.54 Å². The summed E-state index contributed by atoms with van der Waals surface area (Å²) < 4.78 is 25.6. The first-order valence-corrected chi connectivity index (χ1v) is 4.27. The number of hydrogen-bond acceptors (Lipinski definition) is 1. The molecule has 1 rings (SSSR count). The first-order valence-electron chi connectivity index (χ1n) is 4.27. The van der Waals surface area contributed by atoms with Gasteiger partial charge in [-0.05, 0) is 30.5 Å². The van der Waals surface area contributed by atoms with Crippen LogP contribution in [0.1, 0.15) is 12.5 Å². The molecular weight excluding hydrogens is 172 g/mol. The van der Waals surface area contributed by atoms with Crippen molar-refractivity contribution >= 4 is 0 Å². The minimum atomic E-state index is -0.540. The van der Waals surface area contributed by atoms with Crippen LogP contribution >= 0.6 is 0 Å². The molecule has 1 atom stereocenters. The van der Waals surface area contributed by atoms with Crippen LogP contribution in [0.2, 0.25) is 0 Å². The smallest absolute Gasteiger partial charge is 0.129 e. The first-order chi connectivity index (χ1) is 6.13. The Labute approximate surface area is 76.6 Å². The second-order valence-electron chi connectivity index (χ2n) is 3.28. The molecule has 1 nitrogen and oxygen atoms in total. The minimum absolute atomic E-state index is 0.222. The van der Waals surface area contributed by atoms with Gasteiger partial charge in [-0.25, -0.2) is 8.78 Å². The second kappa shape index (κ2) is 4.33. The van der Waals surface area contributed by atoms with E-state index in [1.54, 1.807) is 0 Å². The third kappa shape index (κ3) is 2.77. The molecule has 0 saturated carbocycles. The summed E-state index contributed by atoms with van der Waals surface area (Å²) in [5, 5.41) is 0. The van der Waals surface area contributed by atoms with Crippen molar-refractivity contribution in [3.05, 3.63) is 35.4 Å². The van der Waals surface area contributed by atoms with Crippen LogP contribution in [0.25, 0.3) is 0 Å². The molecule has 0 spiro atoms. The van der Waals surface area contributed by atoms with E-state index in [4.69, 9.17) is 5.73 Å². The first kappa shape index (κ1) is 10.1. The van der Waals surface area contributed by atoms with Crippen molar-refractivity contribution in [3.8, 4) is 0 Å². The summed E-state index contributed by atoms with van der Waals surface area (Å²) in [6.07, 6.45) is 0.558. The molecule has 0 amide bonds. The molecule has 0 saturated heterocycles. The molecule has 1 aromatic carbocycles. The molecule has 2 N–H and O–H groups in total. The molecular formula is C10H13F2N. The number of halogens is 2. The summed E-state index contributed by atoms with van der Waals surface area (Å²) in [4.78, 5) is 0. The van der Waals surface area contributed by atoms with Crippen LogP contribution in [0.15, 0.2) is 18.2 Å². The quantitative estimate of drug-likeness (QED) is 0.766. The van der Waals surface area contributed by atoms with Crippen LogP contribution < -0.4 is 5.73 Å². The van der Waals surface area contributed by atoms with Gasteiger partial charge in [0.2, 0.25) is 0 Å². The lowest BCUT2D eigenvalue weighted by molar-refractivity contribution is 0.538. The molecule has 0 fully saturated rings. The van der Waals surface area contributed by atoms with E-state index in [2.05, 4.69) is 0 Å². The minimum Gasteiger partial charge on any atom is -0.330 e. The van der Waals surface area contributed by atoms with Gasteiger partial charge >= 0.3 is 0 Å². The number of nitrogens with two attached hydrogens (primary N) is 1. The van der Waals surface area contributed by atoms with Gasteiger partial charge in [-0.2, -0.15) is 0 Å². The summed E-state index contributed by atoms with van der Waals surface area (Å²) in [5.74, 6) is -0.804. The molecule has 0 aromatic heterocycles. The Morgan fingerprint density at radius 1 is 1.38 bits per heavy atom. The highest BCUT2D eigenvalue weighted by atomic mass is 19.1.